The lowest BCUT2D eigenvalue weighted by Crippen LogP contribution is -2.55. The standard InChI is InChI=1S/C28H34N6O4/c29-22(16-19-12-13-20-9-4-5-10-21(20)15-19)25(35)34-24(17-18-7-2-1-3-8-18)26(36)33-23(27(37)38)11-6-14-32-28(30)31/h1-5,7-10,12-13,15,22-24H,6,11,14,16-17,29H2,(H,33,36)(H,34,35)(H,37,38)(H4,30,31,32)/t22-,23-,24-/m0/s1. The maximum Gasteiger partial charge on any atom is 0.326 e. The van der Waals surface area contributed by atoms with Gasteiger partial charge in [-0.15, -0.1) is 0 Å². The van der Waals surface area contributed by atoms with E-state index in [1.165, 1.54) is 0 Å². The zero-order valence-corrected chi connectivity index (χ0v) is 21.0. The Morgan fingerprint density at radius 3 is 2.16 bits per heavy atom. The molecule has 0 fully saturated rings. The van der Waals surface area contributed by atoms with Crippen molar-refractivity contribution < 1.29 is 19.5 Å². The maximum absolute atomic E-state index is 13.2. The molecule has 0 saturated heterocycles. The second kappa shape index (κ2) is 13.8. The molecule has 10 nitrogen and oxygen atoms in total. The van der Waals surface area contributed by atoms with Crippen molar-refractivity contribution in [3.05, 3.63) is 83.9 Å². The van der Waals surface area contributed by atoms with E-state index in [0.29, 0.717) is 13.0 Å². The number of hydrogen-bond donors (Lipinski definition) is 7. The first-order valence-corrected chi connectivity index (χ1v) is 12.4. The number of aliphatic carboxylic acids is 1. The maximum atomic E-state index is 13.2. The molecule has 10 heteroatoms. The van der Waals surface area contributed by atoms with Gasteiger partial charge in [-0.05, 0) is 41.2 Å². The summed E-state index contributed by atoms with van der Waals surface area (Å²) in [4.78, 5) is 38.0. The average Bonchev–Trinajstić information content (AvgIpc) is 2.90. The fraction of sp³-hybridized carbons (Fsp3) is 0.286. The fourth-order valence-electron chi connectivity index (χ4n) is 4.11. The normalized spacial score (nSPS) is 13.2. The number of nitrogens with two attached hydrogens (primary N) is 2. The second-order valence-corrected chi connectivity index (χ2v) is 9.13. The molecule has 3 aromatic rings. The monoisotopic (exact) mass is 518 g/mol. The number of benzene rings is 3. The molecule has 2 amide bonds. The molecule has 38 heavy (non-hydrogen) atoms. The molecule has 0 unspecified atom stereocenters. The topological polar surface area (TPSA) is 183 Å². The molecular weight excluding hydrogens is 484 g/mol. The van der Waals surface area contributed by atoms with Crippen molar-refractivity contribution in [3.8, 4) is 0 Å². The van der Waals surface area contributed by atoms with Crippen molar-refractivity contribution in [2.75, 3.05) is 6.54 Å². The second-order valence-electron chi connectivity index (χ2n) is 9.13. The third kappa shape index (κ3) is 8.59. The third-order valence-electron chi connectivity index (χ3n) is 6.12. The van der Waals surface area contributed by atoms with Crippen LogP contribution >= 0.6 is 0 Å². The number of guanidine groups is 1. The molecular formula is C28H34N6O4. The van der Waals surface area contributed by atoms with E-state index in [-0.39, 0.29) is 25.2 Å². The largest absolute Gasteiger partial charge is 0.480 e. The first-order chi connectivity index (χ1) is 18.2. The number of carboxylic acids is 1. The summed E-state index contributed by atoms with van der Waals surface area (Å²) in [6, 6.07) is 19.8. The van der Waals surface area contributed by atoms with Crippen LogP contribution in [0.2, 0.25) is 0 Å². The molecule has 0 bridgehead atoms. The van der Waals surface area contributed by atoms with Crippen molar-refractivity contribution >= 4 is 34.5 Å². The lowest BCUT2D eigenvalue weighted by atomic mass is 10.0. The van der Waals surface area contributed by atoms with Gasteiger partial charge in [0.1, 0.15) is 12.1 Å². The molecule has 0 aliphatic rings. The van der Waals surface area contributed by atoms with Crippen LogP contribution in [0.15, 0.2) is 72.8 Å². The summed E-state index contributed by atoms with van der Waals surface area (Å²) in [5.74, 6) is -2.54. The van der Waals surface area contributed by atoms with E-state index in [2.05, 4.69) is 16.0 Å². The predicted octanol–water partition coefficient (Wildman–Crippen LogP) is 1.27. The van der Waals surface area contributed by atoms with Gasteiger partial charge in [0.05, 0.1) is 6.04 Å². The van der Waals surface area contributed by atoms with Gasteiger partial charge in [0.15, 0.2) is 5.96 Å². The van der Waals surface area contributed by atoms with Gasteiger partial charge in [0.25, 0.3) is 0 Å². The van der Waals surface area contributed by atoms with Crippen LogP contribution in [0, 0.1) is 5.41 Å². The highest BCUT2D eigenvalue weighted by Crippen LogP contribution is 2.16. The van der Waals surface area contributed by atoms with Crippen LogP contribution in [0.4, 0.5) is 0 Å². The molecule has 3 atom stereocenters. The van der Waals surface area contributed by atoms with Crippen LogP contribution in [0.3, 0.4) is 0 Å². The van der Waals surface area contributed by atoms with Crippen molar-refractivity contribution in [2.24, 2.45) is 11.5 Å². The molecule has 200 valence electrons. The zero-order chi connectivity index (χ0) is 27.5. The van der Waals surface area contributed by atoms with Gasteiger partial charge in [0, 0.05) is 13.0 Å². The molecule has 0 radical (unpaired) electrons. The lowest BCUT2D eigenvalue weighted by Gasteiger charge is -2.23. The fourth-order valence-corrected chi connectivity index (χ4v) is 4.11. The smallest absolute Gasteiger partial charge is 0.326 e. The predicted molar refractivity (Wildman–Crippen MR) is 146 cm³/mol. The number of amides is 2. The summed E-state index contributed by atoms with van der Waals surface area (Å²) in [5.41, 5.74) is 13.1. The Labute approximate surface area is 221 Å². The lowest BCUT2D eigenvalue weighted by molar-refractivity contribution is -0.142. The van der Waals surface area contributed by atoms with Crippen molar-refractivity contribution in [3.63, 3.8) is 0 Å². The van der Waals surface area contributed by atoms with E-state index in [1.807, 2.05) is 72.8 Å². The van der Waals surface area contributed by atoms with Crippen molar-refractivity contribution in [1.82, 2.24) is 16.0 Å². The SMILES string of the molecule is N=C(N)NCCC[C@H](NC(=O)[C@H](Cc1ccccc1)NC(=O)[C@@H](N)Cc1ccc2ccccc2c1)C(=O)O. The number of carboxylic acid groups (broad SMARTS) is 1. The number of carbonyl (C=O) groups excluding carboxylic acids is 2. The van der Waals surface area contributed by atoms with E-state index in [1.54, 1.807) is 0 Å². The Bertz CT molecular complexity index is 1270. The summed E-state index contributed by atoms with van der Waals surface area (Å²) in [7, 11) is 0. The molecule has 0 heterocycles. The van der Waals surface area contributed by atoms with Crippen LogP contribution in [0.5, 0.6) is 0 Å². The quantitative estimate of drug-likeness (QED) is 0.101. The summed E-state index contributed by atoms with van der Waals surface area (Å²) < 4.78 is 0. The highest BCUT2D eigenvalue weighted by atomic mass is 16.4. The van der Waals surface area contributed by atoms with Gasteiger partial charge in [-0.3, -0.25) is 15.0 Å². The molecule has 0 aliphatic heterocycles. The first-order valence-electron chi connectivity index (χ1n) is 12.4. The molecule has 3 aromatic carbocycles. The van der Waals surface area contributed by atoms with E-state index in [4.69, 9.17) is 16.9 Å². The van der Waals surface area contributed by atoms with Gasteiger partial charge in [-0.1, -0.05) is 72.8 Å². The van der Waals surface area contributed by atoms with Gasteiger partial charge in [-0.25, -0.2) is 4.79 Å². The van der Waals surface area contributed by atoms with Gasteiger partial charge in [-0.2, -0.15) is 0 Å². The van der Waals surface area contributed by atoms with Gasteiger partial charge >= 0.3 is 5.97 Å². The number of rotatable bonds is 13. The molecule has 3 rings (SSSR count). The van der Waals surface area contributed by atoms with Gasteiger partial charge in [0.2, 0.25) is 11.8 Å². The summed E-state index contributed by atoms with van der Waals surface area (Å²) in [5, 5.41) is 26.8. The minimum absolute atomic E-state index is 0.120. The minimum atomic E-state index is -1.20. The van der Waals surface area contributed by atoms with E-state index in [9.17, 15) is 19.5 Å². The van der Waals surface area contributed by atoms with Gasteiger partial charge < -0.3 is 32.5 Å². The van der Waals surface area contributed by atoms with Crippen LogP contribution in [0.25, 0.3) is 10.8 Å². The van der Waals surface area contributed by atoms with Crippen LogP contribution < -0.4 is 27.4 Å². The molecule has 0 aliphatic carbocycles. The van der Waals surface area contributed by atoms with E-state index in [0.717, 1.165) is 21.9 Å². The molecule has 9 N–H and O–H groups in total. The highest BCUT2D eigenvalue weighted by Gasteiger charge is 2.28. The van der Waals surface area contributed by atoms with E-state index >= 15 is 0 Å². The molecule has 0 spiro atoms. The Kier molecular flexibility index (Phi) is 10.2. The highest BCUT2D eigenvalue weighted by molar-refractivity contribution is 5.92. The zero-order valence-electron chi connectivity index (χ0n) is 21.0. The summed E-state index contributed by atoms with van der Waals surface area (Å²) in [6.07, 6.45) is 0.925. The molecule has 0 aromatic heterocycles. The van der Waals surface area contributed by atoms with E-state index < -0.39 is 35.9 Å². The average molecular weight is 519 g/mol. The number of nitrogens with one attached hydrogen (secondary N) is 4. The van der Waals surface area contributed by atoms with Crippen molar-refractivity contribution in [1.29, 1.82) is 5.41 Å². The first kappa shape index (κ1) is 28.1. The number of fused-ring (bicyclic) bond motifs is 1. The van der Waals surface area contributed by atoms with Crippen molar-refractivity contribution in [2.45, 2.75) is 43.8 Å². The minimum Gasteiger partial charge on any atom is -0.480 e. The summed E-state index contributed by atoms with van der Waals surface area (Å²) in [6.45, 7) is 0.294. The third-order valence-corrected chi connectivity index (χ3v) is 6.12. The molecule has 0 saturated carbocycles. The summed E-state index contributed by atoms with van der Waals surface area (Å²) >= 11 is 0. The Morgan fingerprint density at radius 1 is 0.816 bits per heavy atom. The van der Waals surface area contributed by atoms with Crippen LogP contribution in [-0.4, -0.2) is 53.5 Å². The Morgan fingerprint density at radius 2 is 1.47 bits per heavy atom. The Hall–Kier alpha value is -4.44. The number of carbonyl (C=O) groups is 3. The Balaban J connectivity index is 1.68. The van der Waals surface area contributed by atoms with Crippen LogP contribution in [-0.2, 0) is 27.2 Å². The van der Waals surface area contributed by atoms with Crippen LogP contribution in [0.1, 0.15) is 24.0 Å². The number of hydrogen-bond acceptors (Lipinski definition) is 5.